The van der Waals surface area contributed by atoms with Gasteiger partial charge in [0.05, 0.1) is 5.56 Å². The Morgan fingerprint density at radius 3 is 2.32 bits per heavy atom. The maximum absolute atomic E-state index is 12.4. The average Bonchev–Trinajstić information content (AvgIpc) is 2.74. The summed E-state index contributed by atoms with van der Waals surface area (Å²) in [5.74, 6) is -0.912. The molecule has 3 rings (SSSR count). The van der Waals surface area contributed by atoms with Crippen LogP contribution in [-0.2, 0) is 14.8 Å². The van der Waals surface area contributed by atoms with E-state index in [1.165, 1.54) is 12.1 Å². The lowest BCUT2D eigenvalue weighted by atomic mass is 10.2. The second-order valence-electron chi connectivity index (χ2n) is 5.61. The first-order valence-electron chi connectivity index (χ1n) is 7.46. The summed E-state index contributed by atoms with van der Waals surface area (Å²) in [5, 5.41) is 0. The molecule has 1 saturated heterocycles. The highest BCUT2D eigenvalue weighted by Gasteiger charge is 2.42. The van der Waals surface area contributed by atoms with Gasteiger partial charge >= 0.3 is 0 Å². The lowest BCUT2D eigenvalue weighted by Gasteiger charge is -2.23. The van der Waals surface area contributed by atoms with Crippen LogP contribution in [0.5, 0.6) is 0 Å². The highest BCUT2D eigenvalue weighted by Crippen LogP contribution is 2.29. The van der Waals surface area contributed by atoms with E-state index in [0.29, 0.717) is 17.4 Å². The SMILES string of the molecule is O=C(CN1C(=O)c2ccccc2S1(=O)=O)N1CCCCCC1. The smallest absolute Gasteiger partial charge is 0.269 e. The maximum Gasteiger partial charge on any atom is 0.269 e. The number of carbonyl (C=O) groups is 2. The van der Waals surface area contributed by atoms with Crippen molar-refractivity contribution in [2.45, 2.75) is 30.6 Å². The molecule has 0 atom stereocenters. The van der Waals surface area contributed by atoms with Gasteiger partial charge in [-0.2, -0.15) is 0 Å². The fraction of sp³-hybridized carbons (Fsp3) is 0.467. The zero-order valence-corrected chi connectivity index (χ0v) is 13.0. The van der Waals surface area contributed by atoms with E-state index >= 15 is 0 Å². The van der Waals surface area contributed by atoms with Gasteiger partial charge in [-0.15, -0.1) is 0 Å². The molecule has 2 aliphatic heterocycles. The van der Waals surface area contributed by atoms with E-state index < -0.39 is 22.5 Å². The number of benzene rings is 1. The molecule has 118 valence electrons. The predicted molar refractivity (Wildman–Crippen MR) is 79.7 cm³/mol. The Balaban J connectivity index is 1.81. The number of nitrogens with zero attached hydrogens (tertiary/aromatic N) is 2. The average molecular weight is 322 g/mol. The number of hydrogen-bond acceptors (Lipinski definition) is 4. The third kappa shape index (κ3) is 2.49. The minimum absolute atomic E-state index is 0.0105. The molecule has 0 N–H and O–H groups in total. The van der Waals surface area contributed by atoms with E-state index in [1.807, 2.05) is 0 Å². The van der Waals surface area contributed by atoms with Gasteiger partial charge < -0.3 is 4.90 Å². The van der Waals surface area contributed by atoms with Gasteiger partial charge in [-0.1, -0.05) is 25.0 Å². The molecule has 2 amide bonds. The summed E-state index contributed by atoms with van der Waals surface area (Å²) in [6, 6.07) is 6.07. The van der Waals surface area contributed by atoms with E-state index in [0.717, 1.165) is 25.7 Å². The van der Waals surface area contributed by atoms with Crippen molar-refractivity contribution in [3.05, 3.63) is 29.8 Å². The number of hydrogen-bond donors (Lipinski definition) is 0. The number of fused-ring (bicyclic) bond motifs is 1. The van der Waals surface area contributed by atoms with Crippen molar-refractivity contribution in [3.63, 3.8) is 0 Å². The van der Waals surface area contributed by atoms with Crippen molar-refractivity contribution in [3.8, 4) is 0 Å². The minimum atomic E-state index is -3.90. The first-order valence-corrected chi connectivity index (χ1v) is 8.90. The molecular formula is C15H18N2O4S. The van der Waals surface area contributed by atoms with Crippen LogP contribution in [0.15, 0.2) is 29.2 Å². The van der Waals surface area contributed by atoms with Gasteiger partial charge in [0.1, 0.15) is 11.4 Å². The van der Waals surface area contributed by atoms with Gasteiger partial charge in [-0.05, 0) is 25.0 Å². The van der Waals surface area contributed by atoms with Crippen molar-refractivity contribution in [1.82, 2.24) is 9.21 Å². The molecule has 22 heavy (non-hydrogen) atoms. The largest absolute Gasteiger partial charge is 0.341 e. The highest BCUT2D eigenvalue weighted by molar-refractivity contribution is 7.90. The Bertz CT molecular complexity index is 706. The lowest BCUT2D eigenvalue weighted by Crippen LogP contribution is -2.43. The van der Waals surface area contributed by atoms with Crippen molar-refractivity contribution < 1.29 is 18.0 Å². The quantitative estimate of drug-likeness (QED) is 0.821. The zero-order chi connectivity index (χ0) is 15.7. The zero-order valence-electron chi connectivity index (χ0n) is 12.2. The molecule has 0 spiro atoms. The van der Waals surface area contributed by atoms with Crippen LogP contribution >= 0.6 is 0 Å². The van der Waals surface area contributed by atoms with Crippen LogP contribution in [0.4, 0.5) is 0 Å². The first-order chi connectivity index (χ1) is 10.5. The Hall–Kier alpha value is -1.89. The number of likely N-dealkylation sites (tertiary alicyclic amines) is 1. The molecule has 1 aromatic carbocycles. The third-order valence-corrected chi connectivity index (χ3v) is 5.94. The van der Waals surface area contributed by atoms with Crippen LogP contribution in [0.25, 0.3) is 0 Å². The lowest BCUT2D eigenvalue weighted by molar-refractivity contribution is -0.131. The monoisotopic (exact) mass is 322 g/mol. The van der Waals surface area contributed by atoms with Crippen LogP contribution in [0, 0.1) is 0 Å². The fourth-order valence-electron chi connectivity index (χ4n) is 2.93. The second-order valence-corrected chi connectivity index (χ2v) is 7.44. The van der Waals surface area contributed by atoms with Gasteiger partial charge in [-0.3, -0.25) is 9.59 Å². The van der Waals surface area contributed by atoms with E-state index in [9.17, 15) is 18.0 Å². The van der Waals surface area contributed by atoms with E-state index in [2.05, 4.69) is 0 Å². The van der Waals surface area contributed by atoms with Crippen molar-refractivity contribution in [2.24, 2.45) is 0 Å². The first kappa shape index (κ1) is 15.0. The summed E-state index contributed by atoms with van der Waals surface area (Å²) < 4.78 is 25.5. The van der Waals surface area contributed by atoms with Crippen LogP contribution in [0.2, 0.25) is 0 Å². The Morgan fingerprint density at radius 2 is 1.68 bits per heavy atom. The topological polar surface area (TPSA) is 74.8 Å². The summed E-state index contributed by atoms with van der Waals surface area (Å²) in [4.78, 5) is 26.3. The molecule has 1 aromatic rings. The third-order valence-electron chi connectivity index (χ3n) is 4.15. The van der Waals surface area contributed by atoms with Crippen LogP contribution in [0.3, 0.4) is 0 Å². The van der Waals surface area contributed by atoms with Gasteiger partial charge in [0.25, 0.3) is 15.9 Å². The van der Waals surface area contributed by atoms with Crippen molar-refractivity contribution >= 4 is 21.8 Å². The second kappa shape index (κ2) is 5.72. The minimum Gasteiger partial charge on any atom is -0.341 e. The molecular weight excluding hydrogens is 304 g/mol. The van der Waals surface area contributed by atoms with E-state index in [-0.39, 0.29) is 16.4 Å². The molecule has 2 heterocycles. The maximum atomic E-state index is 12.4. The summed E-state index contributed by atoms with van der Waals surface area (Å²) in [7, 11) is -3.90. The molecule has 0 bridgehead atoms. The molecule has 0 unspecified atom stereocenters. The van der Waals surface area contributed by atoms with Crippen LogP contribution in [-0.4, -0.2) is 49.1 Å². The Kier molecular flexibility index (Phi) is 3.90. The molecule has 6 nitrogen and oxygen atoms in total. The molecule has 0 aromatic heterocycles. The molecule has 0 aliphatic carbocycles. The summed E-state index contributed by atoms with van der Waals surface area (Å²) >= 11 is 0. The molecule has 7 heteroatoms. The van der Waals surface area contributed by atoms with Gasteiger partial charge in [-0.25, -0.2) is 12.7 Å². The summed E-state index contributed by atoms with van der Waals surface area (Å²) in [5.41, 5.74) is 0.145. The highest BCUT2D eigenvalue weighted by atomic mass is 32.2. The van der Waals surface area contributed by atoms with Crippen LogP contribution < -0.4 is 0 Å². The Morgan fingerprint density at radius 1 is 1.05 bits per heavy atom. The summed E-state index contributed by atoms with van der Waals surface area (Å²) in [6.07, 6.45) is 4.01. The van der Waals surface area contributed by atoms with E-state index in [4.69, 9.17) is 0 Å². The standard InChI is InChI=1S/C15H18N2O4S/c18-14(16-9-5-1-2-6-10-16)11-17-15(19)12-7-3-4-8-13(12)22(17,20)21/h3-4,7-8H,1-2,5-6,9-11H2. The molecule has 0 saturated carbocycles. The number of sulfonamides is 1. The molecule has 2 aliphatic rings. The van der Waals surface area contributed by atoms with Gasteiger partial charge in [0.2, 0.25) is 5.91 Å². The normalized spacial score (nSPS) is 20.6. The van der Waals surface area contributed by atoms with Crippen molar-refractivity contribution in [2.75, 3.05) is 19.6 Å². The predicted octanol–water partition coefficient (Wildman–Crippen LogP) is 1.23. The number of rotatable bonds is 2. The van der Waals surface area contributed by atoms with E-state index in [1.54, 1.807) is 17.0 Å². The number of amides is 2. The van der Waals surface area contributed by atoms with Gasteiger partial charge in [0, 0.05) is 13.1 Å². The van der Waals surface area contributed by atoms with Crippen molar-refractivity contribution in [1.29, 1.82) is 0 Å². The Labute approximate surface area is 129 Å². The molecule has 1 fully saturated rings. The summed E-state index contributed by atoms with van der Waals surface area (Å²) in [6.45, 7) is 0.859. The number of carbonyl (C=O) groups excluding carboxylic acids is 2. The molecule has 0 radical (unpaired) electrons. The fourth-order valence-corrected chi connectivity index (χ4v) is 4.45. The van der Waals surface area contributed by atoms with Crippen LogP contribution in [0.1, 0.15) is 36.0 Å². The van der Waals surface area contributed by atoms with Gasteiger partial charge in [0.15, 0.2) is 0 Å².